The Morgan fingerprint density at radius 1 is 1.07 bits per heavy atom. The highest BCUT2D eigenvalue weighted by Gasteiger charge is 2.21. The number of nitrogens with zero attached hydrogens (tertiary/aromatic N) is 3. The predicted molar refractivity (Wildman–Crippen MR) is 109 cm³/mol. The van der Waals surface area contributed by atoms with Crippen LogP contribution in [0, 0.1) is 12.7 Å². The van der Waals surface area contributed by atoms with Crippen LogP contribution in [-0.2, 0) is 9.53 Å². The number of hydrogen-bond donors (Lipinski definition) is 0. The number of carbonyl (C=O) groups is 1. The van der Waals surface area contributed by atoms with Crippen molar-refractivity contribution in [2.45, 2.75) is 6.92 Å². The lowest BCUT2D eigenvalue weighted by molar-refractivity contribution is -0.135. The molecule has 6 heteroatoms. The minimum Gasteiger partial charge on any atom is -0.375 e. The zero-order chi connectivity index (χ0) is 19.7. The van der Waals surface area contributed by atoms with Crippen molar-refractivity contribution in [1.82, 2.24) is 9.47 Å². The van der Waals surface area contributed by atoms with Gasteiger partial charge in [0.1, 0.15) is 12.4 Å². The highest BCUT2D eigenvalue weighted by molar-refractivity contribution is 5.85. The average molecular weight is 381 g/mol. The van der Waals surface area contributed by atoms with Crippen molar-refractivity contribution in [3.63, 3.8) is 0 Å². The molecule has 2 aromatic carbocycles. The summed E-state index contributed by atoms with van der Waals surface area (Å²) >= 11 is 0. The number of amides is 1. The topological polar surface area (TPSA) is 37.7 Å². The van der Waals surface area contributed by atoms with Crippen LogP contribution < -0.4 is 4.90 Å². The van der Waals surface area contributed by atoms with Gasteiger partial charge >= 0.3 is 0 Å². The lowest BCUT2D eigenvalue weighted by Gasteiger charge is -2.36. The number of benzene rings is 2. The SMILES string of the molecule is COCC(=O)N1CCN(c2cccc(-n3ccc4c(F)ccc(C)c43)c2)CC1. The maximum absolute atomic E-state index is 14.2. The number of halogens is 1. The first-order chi connectivity index (χ1) is 13.6. The number of rotatable bonds is 4. The van der Waals surface area contributed by atoms with Crippen molar-refractivity contribution in [3.8, 4) is 5.69 Å². The number of carbonyl (C=O) groups excluding carboxylic acids is 1. The van der Waals surface area contributed by atoms with Crippen LogP contribution in [0.15, 0.2) is 48.7 Å². The maximum atomic E-state index is 14.2. The Kier molecular flexibility index (Phi) is 5.05. The van der Waals surface area contributed by atoms with E-state index in [-0.39, 0.29) is 18.3 Å². The Hall–Kier alpha value is -2.86. The van der Waals surface area contributed by atoms with Gasteiger partial charge in [-0.2, -0.15) is 0 Å². The van der Waals surface area contributed by atoms with Crippen LogP contribution in [0.2, 0.25) is 0 Å². The van der Waals surface area contributed by atoms with E-state index in [1.807, 2.05) is 46.9 Å². The average Bonchev–Trinajstić information content (AvgIpc) is 3.18. The Labute approximate surface area is 163 Å². The standard InChI is InChI=1S/C22H24FN3O2/c1-16-6-7-20(23)19-8-9-26(22(16)19)18-5-3-4-17(14-18)24-10-12-25(13-11-24)21(27)15-28-2/h3-9,14H,10-13,15H2,1-2H3. The summed E-state index contributed by atoms with van der Waals surface area (Å²) < 4.78 is 21.1. The second-order valence-corrected chi connectivity index (χ2v) is 7.13. The Balaban J connectivity index is 1.58. The first-order valence-electron chi connectivity index (χ1n) is 9.47. The molecule has 28 heavy (non-hydrogen) atoms. The molecule has 0 unspecified atom stereocenters. The number of aryl methyl sites for hydroxylation is 1. The van der Waals surface area contributed by atoms with Crippen LogP contribution in [0.3, 0.4) is 0 Å². The summed E-state index contributed by atoms with van der Waals surface area (Å²) in [5, 5.41) is 0.635. The maximum Gasteiger partial charge on any atom is 0.248 e. The van der Waals surface area contributed by atoms with Gasteiger partial charge in [-0.25, -0.2) is 4.39 Å². The molecule has 0 radical (unpaired) electrons. The first kappa shape index (κ1) is 18.5. The van der Waals surface area contributed by atoms with Crippen LogP contribution in [0.25, 0.3) is 16.6 Å². The molecule has 1 fully saturated rings. The lowest BCUT2D eigenvalue weighted by Crippen LogP contribution is -2.49. The van der Waals surface area contributed by atoms with Gasteiger partial charge in [0, 0.05) is 56.2 Å². The molecule has 4 rings (SSSR count). The van der Waals surface area contributed by atoms with E-state index in [1.54, 1.807) is 0 Å². The Bertz CT molecular complexity index is 1010. The predicted octanol–water partition coefficient (Wildman–Crippen LogP) is 3.37. The molecule has 1 saturated heterocycles. The highest BCUT2D eigenvalue weighted by atomic mass is 19.1. The van der Waals surface area contributed by atoms with E-state index in [0.29, 0.717) is 18.5 Å². The molecule has 5 nitrogen and oxygen atoms in total. The van der Waals surface area contributed by atoms with Crippen molar-refractivity contribution in [2.75, 3.05) is 44.8 Å². The molecule has 0 N–H and O–H groups in total. The van der Waals surface area contributed by atoms with E-state index in [0.717, 1.165) is 35.5 Å². The molecule has 1 aliphatic heterocycles. The first-order valence-corrected chi connectivity index (χ1v) is 9.47. The quantitative estimate of drug-likeness (QED) is 0.695. The Morgan fingerprint density at radius 3 is 2.57 bits per heavy atom. The number of fused-ring (bicyclic) bond motifs is 1. The van der Waals surface area contributed by atoms with E-state index in [9.17, 15) is 9.18 Å². The smallest absolute Gasteiger partial charge is 0.248 e. The summed E-state index contributed by atoms with van der Waals surface area (Å²) in [4.78, 5) is 16.1. The van der Waals surface area contributed by atoms with Crippen LogP contribution >= 0.6 is 0 Å². The fraction of sp³-hybridized carbons (Fsp3) is 0.318. The largest absolute Gasteiger partial charge is 0.375 e. The van der Waals surface area contributed by atoms with Gasteiger partial charge < -0.3 is 19.1 Å². The fourth-order valence-electron chi connectivity index (χ4n) is 3.88. The summed E-state index contributed by atoms with van der Waals surface area (Å²) in [5.74, 6) is -0.167. The van der Waals surface area contributed by atoms with Gasteiger partial charge in [-0.3, -0.25) is 4.79 Å². The second kappa shape index (κ2) is 7.64. The minimum atomic E-state index is -0.202. The molecule has 1 aliphatic rings. The zero-order valence-corrected chi connectivity index (χ0v) is 16.2. The summed E-state index contributed by atoms with van der Waals surface area (Å²) in [6.45, 7) is 5.05. The summed E-state index contributed by atoms with van der Waals surface area (Å²) in [7, 11) is 1.54. The molecule has 0 saturated carbocycles. The Morgan fingerprint density at radius 2 is 1.82 bits per heavy atom. The molecule has 146 valence electrons. The summed E-state index contributed by atoms with van der Waals surface area (Å²) in [6.07, 6.45) is 1.92. The number of piperazine rings is 1. The van der Waals surface area contributed by atoms with E-state index in [4.69, 9.17) is 4.74 Å². The zero-order valence-electron chi connectivity index (χ0n) is 16.2. The third-order valence-electron chi connectivity index (χ3n) is 5.37. The van der Waals surface area contributed by atoms with Gasteiger partial charge in [0.2, 0.25) is 5.91 Å². The number of anilines is 1. The van der Waals surface area contributed by atoms with E-state index < -0.39 is 0 Å². The molecule has 2 heterocycles. The molecule has 0 bridgehead atoms. The number of aromatic nitrogens is 1. The molecule has 1 amide bonds. The molecular weight excluding hydrogens is 357 g/mol. The third kappa shape index (κ3) is 3.36. The van der Waals surface area contributed by atoms with Gasteiger partial charge in [-0.1, -0.05) is 12.1 Å². The lowest BCUT2D eigenvalue weighted by atomic mass is 10.1. The van der Waals surface area contributed by atoms with Gasteiger partial charge in [0.05, 0.1) is 5.52 Å². The third-order valence-corrected chi connectivity index (χ3v) is 5.37. The normalized spacial score (nSPS) is 14.7. The molecule has 0 atom stereocenters. The van der Waals surface area contributed by atoms with Crippen molar-refractivity contribution in [2.24, 2.45) is 0 Å². The van der Waals surface area contributed by atoms with Crippen LogP contribution in [0.1, 0.15) is 5.56 Å². The van der Waals surface area contributed by atoms with E-state index >= 15 is 0 Å². The number of methoxy groups -OCH3 is 1. The second-order valence-electron chi connectivity index (χ2n) is 7.13. The van der Waals surface area contributed by atoms with Crippen molar-refractivity contribution < 1.29 is 13.9 Å². The van der Waals surface area contributed by atoms with E-state index in [1.165, 1.54) is 13.2 Å². The highest BCUT2D eigenvalue weighted by Crippen LogP contribution is 2.28. The van der Waals surface area contributed by atoms with Gasteiger partial charge in [-0.15, -0.1) is 0 Å². The molecule has 0 aliphatic carbocycles. The molecule has 3 aromatic rings. The van der Waals surface area contributed by atoms with Crippen molar-refractivity contribution in [1.29, 1.82) is 0 Å². The van der Waals surface area contributed by atoms with E-state index in [2.05, 4.69) is 17.0 Å². The summed E-state index contributed by atoms with van der Waals surface area (Å²) in [5.41, 5.74) is 4.04. The number of hydrogen-bond acceptors (Lipinski definition) is 3. The van der Waals surface area contributed by atoms with Gasteiger partial charge in [0.15, 0.2) is 0 Å². The fourth-order valence-corrected chi connectivity index (χ4v) is 3.88. The molecular formula is C22H24FN3O2. The van der Waals surface area contributed by atoms with Gasteiger partial charge in [-0.05, 0) is 42.8 Å². The summed E-state index contributed by atoms with van der Waals surface area (Å²) in [6, 6.07) is 13.4. The van der Waals surface area contributed by atoms with Crippen LogP contribution in [0.5, 0.6) is 0 Å². The monoisotopic (exact) mass is 381 g/mol. The van der Waals surface area contributed by atoms with Gasteiger partial charge in [0.25, 0.3) is 0 Å². The minimum absolute atomic E-state index is 0.0345. The molecule has 1 aromatic heterocycles. The van der Waals surface area contributed by atoms with Crippen molar-refractivity contribution in [3.05, 3.63) is 60.0 Å². The molecule has 0 spiro atoms. The van der Waals surface area contributed by atoms with Crippen LogP contribution in [0.4, 0.5) is 10.1 Å². The van der Waals surface area contributed by atoms with Crippen LogP contribution in [-0.4, -0.2) is 55.3 Å². The number of ether oxygens (including phenoxy) is 1. The van der Waals surface area contributed by atoms with Crippen molar-refractivity contribution >= 4 is 22.5 Å².